The van der Waals surface area contributed by atoms with E-state index < -0.39 is 0 Å². The number of carbonyl (C=O) groups is 1. The van der Waals surface area contributed by atoms with Gasteiger partial charge in [-0.15, -0.1) is 11.3 Å². The minimum atomic E-state index is -0.0428. The monoisotopic (exact) mass is 363 g/mol. The number of carbonyl (C=O) groups excluding carboxylic acids is 1. The summed E-state index contributed by atoms with van der Waals surface area (Å²) in [7, 11) is 0. The normalized spacial score (nSPS) is 15.3. The molecule has 3 rings (SSSR count). The van der Waals surface area contributed by atoms with E-state index >= 15 is 0 Å². The maximum Gasteiger partial charge on any atom is 0.234 e. The van der Waals surface area contributed by atoms with Crippen LogP contribution in [0, 0.1) is 12.8 Å². The number of aryl methyl sites for hydroxylation is 1. The molecule has 0 bridgehead atoms. The molecule has 1 aromatic carbocycles. The number of hydrogen-bond acceptors (Lipinski definition) is 4. The maximum atomic E-state index is 12.1. The molecule has 2 N–H and O–H groups in total. The average Bonchev–Trinajstić information content (AvgIpc) is 3.28. The first-order valence-electron chi connectivity index (χ1n) is 8.26. The number of benzene rings is 1. The Bertz CT molecular complexity index is 710. The van der Waals surface area contributed by atoms with Crippen LogP contribution in [-0.2, 0) is 4.79 Å². The zero-order valence-corrected chi connectivity index (χ0v) is 15.5. The highest BCUT2D eigenvalue weighted by molar-refractivity contribution is 7.15. The van der Waals surface area contributed by atoms with Crippen molar-refractivity contribution >= 4 is 28.8 Å². The Hall–Kier alpha value is -1.43. The average molecular weight is 364 g/mol. The second kappa shape index (κ2) is 7.64. The van der Waals surface area contributed by atoms with Crippen molar-refractivity contribution in [1.29, 1.82) is 0 Å². The fourth-order valence-electron chi connectivity index (χ4n) is 2.60. The summed E-state index contributed by atoms with van der Waals surface area (Å²) >= 11 is 7.56. The summed E-state index contributed by atoms with van der Waals surface area (Å²) in [5.41, 5.74) is 2.01. The van der Waals surface area contributed by atoms with Crippen molar-refractivity contribution in [2.75, 3.05) is 13.1 Å². The molecule has 0 saturated heterocycles. The number of rotatable bonds is 7. The number of hydrogen-bond donors (Lipinski definition) is 2. The molecule has 0 radical (unpaired) electrons. The van der Waals surface area contributed by atoms with Gasteiger partial charge in [0, 0.05) is 10.6 Å². The molecule has 1 fully saturated rings. The van der Waals surface area contributed by atoms with E-state index in [4.69, 9.17) is 11.6 Å². The van der Waals surface area contributed by atoms with Crippen molar-refractivity contribution in [3.63, 3.8) is 0 Å². The number of thiazole rings is 1. The first-order valence-corrected chi connectivity index (χ1v) is 9.45. The zero-order valence-electron chi connectivity index (χ0n) is 13.9. The summed E-state index contributed by atoms with van der Waals surface area (Å²) in [6.07, 6.45) is 2.58. The van der Waals surface area contributed by atoms with Crippen LogP contribution in [0.3, 0.4) is 0 Å². The number of aromatic nitrogens is 1. The molecule has 0 aliphatic heterocycles. The second-order valence-corrected chi connectivity index (χ2v) is 7.81. The minimum absolute atomic E-state index is 0.0315. The third-order valence-corrected chi connectivity index (χ3v) is 5.75. The van der Waals surface area contributed by atoms with Gasteiger partial charge in [0.25, 0.3) is 0 Å². The smallest absolute Gasteiger partial charge is 0.234 e. The fraction of sp³-hybridized carbons (Fsp3) is 0.444. The molecule has 0 spiro atoms. The molecule has 1 saturated carbocycles. The van der Waals surface area contributed by atoms with E-state index in [0.29, 0.717) is 11.6 Å². The molecule has 128 valence electrons. The first-order chi connectivity index (χ1) is 11.5. The van der Waals surface area contributed by atoms with Crippen LogP contribution in [0.15, 0.2) is 24.3 Å². The molecule has 1 amide bonds. The zero-order chi connectivity index (χ0) is 17.1. The Morgan fingerprint density at radius 3 is 2.75 bits per heavy atom. The van der Waals surface area contributed by atoms with Gasteiger partial charge in [-0.2, -0.15) is 0 Å². The Morgan fingerprint density at radius 1 is 1.38 bits per heavy atom. The van der Waals surface area contributed by atoms with E-state index in [1.807, 2.05) is 38.1 Å². The lowest BCUT2D eigenvalue weighted by molar-refractivity contribution is -0.120. The lowest BCUT2D eigenvalue weighted by Gasteiger charge is -2.13. The van der Waals surface area contributed by atoms with Crippen molar-refractivity contribution < 1.29 is 4.79 Å². The number of amides is 1. The SMILES string of the molecule is Cc1nc(-c2ccc(Cl)cc2)sc1C(C)NC(=O)CNCC1CC1. The third-order valence-electron chi connectivity index (χ3n) is 4.11. The van der Waals surface area contributed by atoms with Crippen molar-refractivity contribution in [1.82, 2.24) is 15.6 Å². The van der Waals surface area contributed by atoms with Crippen LogP contribution < -0.4 is 10.6 Å². The van der Waals surface area contributed by atoms with Crippen LogP contribution in [0.5, 0.6) is 0 Å². The summed E-state index contributed by atoms with van der Waals surface area (Å²) in [5, 5.41) is 7.94. The lowest BCUT2D eigenvalue weighted by Crippen LogP contribution is -2.36. The van der Waals surface area contributed by atoms with E-state index in [9.17, 15) is 4.79 Å². The Kier molecular flexibility index (Phi) is 5.54. The summed E-state index contributed by atoms with van der Waals surface area (Å²) in [6, 6.07) is 7.62. The van der Waals surface area contributed by atoms with Gasteiger partial charge >= 0.3 is 0 Å². The van der Waals surface area contributed by atoms with E-state index in [1.165, 1.54) is 12.8 Å². The Balaban J connectivity index is 1.60. The Labute approximate surface area is 151 Å². The van der Waals surface area contributed by atoms with Crippen LogP contribution in [0.4, 0.5) is 0 Å². The summed E-state index contributed by atoms with van der Waals surface area (Å²) in [6.45, 7) is 5.31. The molecule has 1 heterocycles. The molecule has 1 unspecified atom stereocenters. The van der Waals surface area contributed by atoms with Gasteiger partial charge in [0.1, 0.15) is 5.01 Å². The fourth-order valence-corrected chi connectivity index (χ4v) is 3.80. The molecule has 6 heteroatoms. The molecule has 2 aromatic rings. The number of nitrogens with one attached hydrogen (secondary N) is 2. The second-order valence-electron chi connectivity index (χ2n) is 6.34. The van der Waals surface area contributed by atoms with E-state index in [-0.39, 0.29) is 11.9 Å². The van der Waals surface area contributed by atoms with E-state index in [1.54, 1.807) is 11.3 Å². The van der Waals surface area contributed by atoms with Gasteiger partial charge in [0.2, 0.25) is 5.91 Å². The highest BCUT2D eigenvalue weighted by atomic mass is 35.5. The Morgan fingerprint density at radius 2 is 2.08 bits per heavy atom. The summed E-state index contributed by atoms with van der Waals surface area (Å²) in [5.74, 6) is 0.810. The standard InChI is InChI=1S/C18H22ClN3OS/c1-11(21-16(23)10-20-9-13-3-4-13)17-12(2)22-18(24-17)14-5-7-15(19)8-6-14/h5-8,11,13,20H,3-4,9-10H2,1-2H3,(H,21,23). The van der Waals surface area contributed by atoms with Gasteiger partial charge in [-0.3, -0.25) is 4.79 Å². The molecule has 1 aliphatic rings. The summed E-state index contributed by atoms with van der Waals surface area (Å²) in [4.78, 5) is 17.8. The van der Waals surface area contributed by atoms with Crippen molar-refractivity contribution in [3.05, 3.63) is 39.9 Å². The van der Waals surface area contributed by atoms with Crippen LogP contribution >= 0.6 is 22.9 Å². The van der Waals surface area contributed by atoms with Gasteiger partial charge in [0.15, 0.2) is 0 Å². The highest BCUT2D eigenvalue weighted by Crippen LogP contribution is 2.32. The van der Waals surface area contributed by atoms with Crippen LogP contribution in [-0.4, -0.2) is 24.0 Å². The molecule has 1 atom stereocenters. The van der Waals surface area contributed by atoms with Gasteiger partial charge < -0.3 is 10.6 Å². The van der Waals surface area contributed by atoms with Gasteiger partial charge in [-0.05, 0) is 51.3 Å². The van der Waals surface area contributed by atoms with Crippen LogP contribution in [0.2, 0.25) is 5.02 Å². The van der Waals surface area contributed by atoms with Crippen LogP contribution in [0.25, 0.3) is 10.6 Å². The minimum Gasteiger partial charge on any atom is -0.348 e. The van der Waals surface area contributed by atoms with Crippen molar-refractivity contribution in [2.45, 2.75) is 32.7 Å². The van der Waals surface area contributed by atoms with Gasteiger partial charge in [-0.1, -0.05) is 23.7 Å². The molecule has 1 aliphatic carbocycles. The topological polar surface area (TPSA) is 54.0 Å². The van der Waals surface area contributed by atoms with Gasteiger partial charge in [-0.25, -0.2) is 4.98 Å². The predicted molar refractivity (Wildman–Crippen MR) is 99.4 cm³/mol. The lowest BCUT2D eigenvalue weighted by atomic mass is 10.2. The van der Waals surface area contributed by atoms with Crippen LogP contribution in [0.1, 0.15) is 36.4 Å². The molecular weight excluding hydrogens is 342 g/mol. The van der Waals surface area contributed by atoms with Crippen molar-refractivity contribution in [3.8, 4) is 10.6 Å². The van der Waals surface area contributed by atoms with E-state index in [2.05, 4.69) is 15.6 Å². The number of halogens is 1. The number of nitrogens with zero attached hydrogens (tertiary/aromatic N) is 1. The first kappa shape index (κ1) is 17.4. The quantitative estimate of drug-likeness (QED) is 0.783. The molecule has 1 aromatic heterocycles. The molecule has 24 heavy (non-hydrogen) atoms. The summed E-state index contributed by atoms with van der Waals surface area (Å²) < 4.78 is 0. The maximum absolute atomic E-state index is 12.1. The van der Waals surface area contributed by atoms with E-state index in [0.717, 1.165) is 33.6 Å². The molecular formula is C18H22ClN3OS. The van der Waals surface area contributed by atoms with Gasteiger partial charge in [0.05, 0.1) is 23.2 Å². The predicted octanol–water partition coefficient (Wildman–Crippen LogP) is 3.95. The largest absolute Gasteiger partial charge is 0.348 e. The highest BCUT2D eigenvalue weighted by Gasteiger charge is 2.21. The molecule has 4 nitrogen and oxygen atoms in total. The third kappa shape index (κ3) is 4.56. The van der Waals surface area contributed by atoms with Crippen molar-refractivity contribution in [2.24, 2.45) is 5.92 Å².